The third kappa shape index (κ3) is 3.98. The van der Waals surface area contributed by atoms with Gasteiger partial charge in [0.25, 0.3) is 11.8 Å². The van der Waals surface area contributed by atoms with Gasteiger partial charge in [0.05, 0.1) is 22.7 Å². The van der Waals surface area contributed by atoms with Crippen LogP contribution < -0.4 is 0 Å². The molecule has 0 bridgehead atoms. The van der Waals surface area contributed by atoms with Crippen LogP contribution in [0.1, 0.15) is 42.6 Å². The number of fused-ring (bicyclic) bond motifs is 1. The molecule has 3 heterocycles. The number of benzene rings is 2. The number of amides is 1. The third-order valence-corrected chi connectivity index (χ3v) is 7.08. The zero-order valence-corrected chi connectivity index (χ0v) is 19.5. The number of para-hydroxylation sites is 1. The predicted molar refractivity (Wildman–Crippen MR) is 126 cm³/mol. The molecule has 2 aliphatic rings. The van der Waals surface area contributed by atoms with E-state index in [0.717, 1.165) is 31.4 Å². The van der Waals surface area contributed by atoms with Gasteiger partial charge in [-0.15, -0.1) is 0 Å². The minimum absolute atomic E-state index is 0.205. The number of hydrogen-bond donors (Lipinski definition) is 0. The highest BCUT2D eigenvalue weighted by atomic mass is 19.4. The van der Waals surface area contributed by atoms with Gasteiger partial charge in [-0.3, -0.25) is 9.48 Å². The van der Waals surface area contributed by atoms with Gasteiger partial charge in [-0.25, -0.2) is 4.39 Å². The average Bonchev–Trinajstić information content (AvgIpc) is 3.42. The van der Waals surface area contributed by atoms with E-state index >= 15 is 0 Å². The molecule has 0 radical (unpaired) electrons. The SMILES string of the molecule is C=C(F)C(=O)N1CC(n2nc(-c3ccc(C(F)(F)F)cc3)c3cccc(-c4nc(C5CCC5)no4)c32)C1. The highest BCUT2D eigenvalue weighted by Crippen LogP contribution is 2.40. The number of rotatable bonds is 5. The van der Waals surface area contributed by atoms with Gasteiger partial charge < -0.3 is 9.42 Å². The zero-order chi connectivity index (χ0) is 25.9. The highest BCUT2D eigenvalue weighted by molar-refractivity contribution is 6.00. The Morgan fingerprint density at radius 1 is 1.08 bits per heavy atom. The monoisotopic (exact) mass is 511 g/mol. The number of halogens is 4. The number of alkyl halides is 3. The normalized spacial score (nSPS) is 16.6. The molecule has 1 amide bonds. The van der Waals surface area contributed by atoms with E-state index in [0.29, 0.717) is 39.4 Å². The molecule has 2 aromatic carbocycles. The second-order valence-corrected chi connectivity index (χ2v) is 9.42. The molecule has 7 nitrogen and oxygen atoms in total. The minimum atomic E-state index is -4.45. The van der Waals surface area contributed by atoms with E-state index in [-0.39, 0.29) is 25.0 Å². The van der Waals surface area contributed by atoms with Gasteiger partial charge in [0.1, 0.15) is 5.69 Å². The van der Waals surface area contributed by atoms with Crippen LogP contribution in [0.5, 0.6) is 0 Å². The summed E-state index contributed by atoms with van der Waals surface area (Å²) in [6.07, 6.45) is -1.32. The summed E-state index contributed by atoms with van der Waals surface area (Å²) in [4.78, 5) is 17.9. The van der Waals surface area contributed by atoms with E-state index in [1.165, 1.54) is 17.0 Å². The lowest BCUT2D eigenvalue weighted by molar-refractivity contribution is -0.137. The van der Waals surface area contributed by atoms with Crippen molar-refractivity contribution in [2.24, 2.45) is 0 Å². The zero-order valence-electron chi connectivity index (χ0n) is 19.5. The fourth-order valence-corrected chi connectivity index (χ4v) is 4.78. The maximum Gasteiger partial charge on any atom is 0.416 e. The van der Waals surface area contributed by atoms with E-state index in [4.69, 9.17) is 9.62 Å². The van der Waals surface area contributed by atoms with Crippen molar-refractivity contribution in [3.63, 3.8) is 0 Å². The topological polar surface area (TPSA) is 77.1 Å². The Balaban J connectivity index is 1.45. The third-order valence-electron chi connectivity index (χ3n) is 7.08. The molecule has 37 heavy (non-hydrogen) atoms. The fourth-order valence-electron chi connectivity index (χ4n) is 4.78. The number of nitrogens with zero attached hydrogens (tertiary/aromatic N) is 5. The van der Waals surface area contributed by atoms with Crippen molar-refractivity contribution in [2.75, 3.05) is 13.1 Å². The standard InChI is InChI=1S/C26H21F4N5O2/c1-14(27)25(36)34-12-18(13-34)35-22-19(21(32-35)15-8-10-17(11-9-15)26(28,29)30)6-3-7-20(22)24-31-23(33-37-24)16-4-2-5-16/h3,6-11,16,18H,1-2,4-5,12-13H2. The second-order valence-electron chi connectivity index (χ2n) is 9.42. The van der Waals surface area contributed by atoms with Gasteiger partial charge in [-0.05, 0) is 31.0 Å². The van der Waals surface area contributed by atoms with Crippen molar-refractivity contribution >= 4 is 16.8 Å². The molecule has 0 spiro atoms. The lowest BCUT2D eigenvalue weighted by atomic mass is 9.85. The predicted octanol–water partition coefficient (Wildman–Crippen LogP) is 5.91. The van der Waals surface area contributed by atoms with E-state index in [1.807, 2.05) is 12.1 Å². The first-order valence-electron chi connectivity index (χ1n) is 11.9. The number of hydrogen-bond acceptors (Lipinski definition) is 5. The number of carbonyl (C=O) groups is 1. The van der Waals surface area contributed by atoms with Crippen LogP contribution in [-0.4, -0.2) is 43.8 Å². The van der Waals surface area contributed by atoms with Crippen LogP contribution in [0.2, 0.25) is 0 Å². The Morgan fingerprint density at radius 3 is 2.43 bits per heavy atom. The molecule has 1 aliphatic carbocycles. The lowest BCUT2D eigenvalue weighted by Gasteiger charge is -2.39. The number of likely N-dealkylation sites (tertiary alicyclic amines) is 1. The van der Waals surface area contributed by atoms with Gasteiger partial charge in [-0.1, -0.05) is 42.4 Å². The van der Waals surface area contributed by atoms with Crippen molar-refractivity contribution in [1.29, 1.82) is 0 Å². The smallest absolute Gasteiger partial charge is 0.334 e. The second kappa shape index (κ2) is 8.53. The summed E-state index contributed by atoms with van der Waals surface area (Å²) in [5.74, 6) is -0.585. The summed E-state index contributed by atoms with van der Waals surface area (Å²) in [7, 11) is 0. The molecule has 11 heteroatoms. The Morgan fingerprint density at radius 2 is 1.81 bits per heavy atom. The van der Waals surface area contributed by atoms with E-state index in [9.17, 15) is 22.4 Å². The number of aromatic nitrogens is 4. The van der Waals surface area contributed by atoms with Crippen molar-refractivity contribution < 1.29 is 26.9 Å². The molecule has 2 aromatic heterocycles. The molecule has 6 rings (SSSR count). The van der Waals surface area contributed by atoms with Crippen LogP contribution in [0, 0.1) is 0 Å². The Hall–Kier alpha value is -4.02. The first-order chi connectivity index (χ1) is 17.7. The van der Waals surface area contributed by atoms with Gasteiger partial charge in [0.15, 0.2) is 11.7 Å². The van der Waals surface area contributed by atoms with Crippen LogP contribution >= 0.6 is 0 Å². The Bertz CT molecular complexity index is 1510. The highest BCUT2D eigenvalue weighted by Gasteiger charge is 2.36. The Labute approximate surface area is 208 Å². The van der Waals surface area contributed by atoms with Gasteiger partial charge in [0, 0.05) is 30.0 Å². The molecular weight excluding hydrogens is 490 g/mol. The van der Waals surface area contributed by atoms with E-state index in [2.05, 4.69) is 16.7 Å². The molecule has 190 valence electrons. The van der Waals surface area contributed by atoms with Gasteiger partial charge >= 0.3 is 6.18 Å². The van der Waals surface area contributed by atoms with Crippen LogP contribution in [-0.2, 0) is 11.0 Å². The van der Waals surface area contributed by atoms with E-state index in [1.54, 1.807) is 10.7 Å². The van der Waals surface area contributed by atoms with Crippen LogP contribution in [0.25, 0.3) is 33.6 Å². The van der Waals surface area contributed by atoms with Crippen molar-refractivity contribution in [2.45, 2.75) is 37.4 Å². The summed E-state index contributed by atoms with van der Waals surface area (Å²) in [6, 6.07) is 9.95. The van der Waals surface area contributed by atoms with Gasteiger partial charge in [0.2, 0.25) is 0 Å². The molecule has 0 atom stereocenters. The molecule has 2 fully saturated rings. The summed E-state index contributed by atoms with van der Waals surface area (Å²) < 4.78 is 60.0. The van der Waals surface area contributed by atoms with Crippen molar-refractivity contribution in [3.05, 3.63) is 66.3 Å². The van der Waals surface area contributed by atoms with Crippen molar-refractivity contribution in [3.8, 4) is 22.7 Å². The fraction of sp³-hybridized carbons (Fsp3) is 0.308. The Kier molecular flexibility index (Phi) is 5.39. The lowest BCUT2D eigenvalue weighted by Crippen LogP contribution is -2.51. The molecular formula is C26H21F4N5O2. The molecule has 0 N–H and O–H groups in total. The first kappa shape index (κ1) is 23.4. The van der Waals surface area contributed by atoms with Crippen LogP contribution in [0.3, 0.4) is 0 Å². The quantitative estimate of drug-likeness (QED) is 0.246. The van der Waals surface area contributed by atoms with Gasteiger partial charge in [-0.2, -0.15) is 23.3 Å². The minimum Gasteiger partial charge on any atom is -0.334 e. The maximum absolute atomic E-state index is 13.4. The summed E-state index contributed by atoms with van der Waals surface area (Å²) in [5, 5.41) is 9.60. The summed E-state index contributed by atoms with van der Waals surface area (Å²) in [5.41, 5.74) is 1.50. The van der Waals surface area contributed by atoms with E-state index < -0.39 is 23.5 Å². The maximum atomic E-state index is 13.4. The summed E-state index contributed by atoms with van der Waals surface area (Å²) in [6.45, 7) is 3.48. The first-order valence-corrected chi connectivity index (χ1v) is 11.9. The van der Waals surface area contributed by atoms with Crippen LogP contribution in [0.15, 0.2) is 59.4 Å². The molecule has 4 aromatic rings. The number of carbonyl (C=O) groups excluding carboxylic acids is 1. The van der Waals surface area contributed by atoms with Crippen LogP contribution in [0.4, 0.5) is 17.6 Å². The molecule has 1 aliphatic heterocycles. The molecule has 1 saturated heterocycles. The summed E-state index contributed by atoms with van der Waals surface area (Å²) >= 11 is 0. The average molecular weight is 511 g/mol. The largest absolute Gasteiger partial charge is 0.416 e. The molecule has 1 saturated carbocycles. The molecule has 0 unspecified atom stereocenters. The van der Waals surface area contributed by atoms with Crippen molar-refractivity contribution in [1.82, 2.24) is 24.8 Å².